The molecule has 0 radical (unpaired) electrons. The van der Waals surface area contributed by atoms with E-state index in [1.54, 1.807) is 18.0 Å². The fourth-order valence-electron chi connectivity index (χ4n) is 2.94. The molecule has 3 rings (SSSR count). The van der Waals surface area contributed by atoms with Crippen molar-refractivity contribution < 1.29 is 4.79 Å². The SMILES string of the molecule is Cc1c(Br)c(/C=N\NC(=O)CCSc2ccccc2)c(C)n1-c1ccccc1. The van der Waals surface area contributed by atoms with Gasteiger partial charge in [-0.15, -0.1) is 11.8 Å². The second kappa shape index (κ2) is 9.75. The van der Waals surface area contributed by atoms with Crippen molar-refractivity contribution in [3.8, 4) is 5.69 Å². The standard InChI is InChI=1S/C22H22BrN3OS/c1-16-20(22(23)17(2)26(16)18-9-5-3-6-10-18)15-24-25-21(27)13-14-28-19-11-7-4-8-12-19/h3-12,15H,13-14H2,1-2H3,(H,25,27)/b24-15-. The Morgan fingerprint density at radius 1 is 1.07 bits per heavy atom. The van der Waals surface area contributed by atoms with E-state index in [0.29, 0.717) is 6.42 Å². The number of hydrogen-bond donors (Lipinski definition) is 1. The molecule has 144 valence electrons. The van der Waals surface area contributed by atoms with E-state index in [1.165, 1.54) is 0 Å². The number of para-hydroxylation sites is 1. The number of nitrogens with zero attached hydrogens (tertiary/aromatic N) is 2. The van der Waals surface area contributed by atoms with Crippen LogP contribution in [-0.2, 0) is 4.79 Å². The molecule has 0 spiro atoms. The predicted molar refractivity (Wildman–Crippen MR) is 120 cm³/mol. The van der Waals surface area contributed by atoms with Gasteiger partial charge in [0.25, 0.3) is 0 Å². The molecule has 1 N–H and O–H groups in total. The maximum absolute atomic E-state index is 12.0. The first-order chi connectivity index (χ1) is 13.6. The van der Waals surface area contributed by atoms with Crippen LogP contribution in [0.1, 0.15) is 23.4 Å². The highest BCUT2D eigenvalue weighted by Gasteiger charge is 2.15. The van der Waals surface area contributed by atoms with Crippen LogP contribution < -0.4 is 5.43 Å². The zero-order valence-corrected chi connectivity index (χ0v) is 18.3. The molecule has 2 aromatic carbocycles. The molecule has 1 aromatic heterocycles. The van der Waals surface area contributed by atoms with Gasteiger partial charge in [-0.25, -0.2) is 5.43 Å². The average Bonchev–Trinajstić information content (AvgIpc) is 2.92. The molecular formula is C22H22BrN3OS. The Hall–Kier alpha value is -2.31. The van der Waals surface area contributed by atoms with Crippen molar-refractivity contribution in [1.82, 2.24) is 9.99 Å². The van der Waals surface area contributed by atoms with Gasteiger partial charge in [0, 0.05) is 44.2 Å². The lowest BCUT2D eigenvalue weighted by molar-refractivity contribution is -0.120. The number of carbonyl (C=O) groups excluding carboxylic acids is 1. The van der Waals surface area contributed by atoms with Crippen LogP contribution in [0.25, 0.3) is 5.69 Å². The molecule has 0 aliphatic carbocycles. The van der Waals surface area contributed by atoms with Gasteiger partial charge in [0.1, 0.15) is 0 Å². The normalized spacial score (nSPS) is 11.1. The van der Waals surface area contributed by atoms with Crippen LogP contribution in [0.3, 0.4) is 0 Å². The van der Waals surface area contributed by atoms with Gasteiger partial charge >= 0.3 is 0 Å². The molecule has 1 amide bonds. The molecule has 0 atom stereocenters. The number of halogens is 1. The number of carbonyl (C=O) groups is 1. The zero-order chi connectivity index (χ0) is 19.9. The molecule has 0 saturated carbocycles. The van der Waals surface area contributed by atoms with Crippen LogP contribution >= 0.6 is 27.7 Å². The van der Waals surface area contributed by atoms with Crippen LogP contribution in [0.2, 0.25) is 0 Å². The van der Waals surface area contributed by atoms with Crippen molar-refractivity contribution in [2.45, 2.75) is 25.2 Å². The minimum Gasteiger partial charge on any atom is -0.317 e. The molecule has 6 heteroatoms. The number of nitrogens with one attached hydrogen (secondary N) is 1. The zero-order valence-electron chi connectivity index (χ0n) is 15.9. The van der Waals surface area contributed by atoms with E-state index >= 15 is 0 Å². The van der Waals surface area contributed by atoms with Crippen LogP contribution in [0.15, 0.2) is 75.1 Å². The van der Waals surface area contributed by atoms with Crippen molar-refractivity contribution >= 4 is 39.8 Å². The maximum Gasteiger partial charge on any atom is 0.240 e. The van der Waals surface area contributed by atoms with E-state index in [-0.39, 0.29) is 5.91 Å². The molecule has 4 nitrogen and oxygen atoms in total. The summed E-state index contributed by atoms with van der Waals surface area (Å²) in [5, 5.41) is 4.16. The van der Waals surface area contributed by atoms with Crippen LogP contribution in [-0.4, -0.2) is 22.4 Å². The number of thioether (sulfide) groups is 1. The van der Waals surface area contributed by atoms with Gasteiger partial charge in [-0.2, -0.15) is 5.10 Å². The monoisotopic (exact) mass is 455 g/mol. The molecule has 3 aromatic rings. The Labute approximate surface area is 178 Å². The third kappa shape index (κ3) is 4.94. The van der Waals surface area contributed by atoms with E-state index in [0.717, 1.165) is 37.8 Å². The van der Waals surface area contributed by atoms with Crippen LogP contribution in [0.4, 0.5) is 0 Å². The number of amides is 1. The fraction of sp³-hybridized carbons (Fsp3) is 0.182. The van der Waals surface area contributed by atoms with E-state index < -0.39 is 0 Å². The van der Waals surface area contributed by atoms with Gasteiger partial charge in [0.15, 0.2) is 0 Å². The highest BCUT2D eigenvalue weighted by molar-refractivity contribution is 9.10. The Balaban J connectivity index is 1.60. The van der Waals surface area contributed by atoms with Crippen molar-refractivity contribution in [1.29, 1.82) is 0 Å². The van der Waals surface area contributed by atoms with Crippen molar-refractivity contribution in [3.05, 3.63) is 82.1 Å². The number of aromatic nitrogens is 1. The third-order valence-corrected chi connectivity index (χ3v) is 6.37. The largest absolute Gasteiger partial charge is 0.317 e. The van der Waals surface area contributed by atoms with Gasteiger partial charge in [-0.3, -0.25) is 4.79 Å². The number of benzene rings is 2. The summed E-state index contributed by atoms with van der Waals surface area (Å²) < 4.78 is 3.15. The molecule has 0 saturated heterocycles. The average molecular weight is 456 g/mol. The molecule has 0 aliphatic rings. The van der Waals surface area contributed by atoms with Gasteiger partial charge in [-0.05, 0) is 54.0 Å². The molecule has 0 fully saturated rings. The molecule has 28 heavy (non-hydrogen) atoms. The Morgan fingerprint density at radius 3 is 2.39 bits per heavy atom. The Bertz CT molecular complexity index is 968. The van der Waals surface area contributed by atoms with Crippen LogP contribution in [0, 0.1) is 13.8 Å². The Kier molecular flexibility index (Phi) is 7.12. The summed E-state index contributed by atoms with van der Waals surface area (Å²) >= 11 is 5.32. The summed E-state index contributed by atoms with van der Waals surface area (Å²) in [6, 6.07) is 20.2. The van der Waals surface area contributed by atoms with E-state index in [2.05, 4.69) is 50.1 Å². The van der Waals surface area contributed by atoms with Gasteiger partial charge in [0.2, 0.25) is 5.91 Å². The van der Waals surface area contributed by atoms with Gasteiger partial charge in [-0.1, -0.05) is 36.4 Å². The van der Waals surface area contributed by atoms with Crippen molar-refractivity contribution in [2.24, 2.45) is 5.10 Å². The number of hydrazone groups is 1. The van der Waals surface area contributed by atoms with E-state index in [1.807, 2.05) is 55.5 Å². The minimum atomic E-state index is -0.0901. The second-order valence-electron chi connectivity index (χ2n) is 6.27. The first-order valence-corrected chi connectivity index (χ1v) is 10.8. The lowest BCUT2D eigenvalue weighted by Crippen LogP contribution is -2.17. The first kappa shape index (κ1) is 20.4. The smallest absolute Gasteiger partial charge is 0.240 e. The minimum absolute atomic E-state index is 0.0901. The highest BCUT2D eigenvalue weighted by atomic mass is 79.9. The van der Waals surface area contributed by atoms with E-state index in [9.17, 15) is 4.79 Å². The third-order valence-electron chi connectivity index (χ3n) is 4.35. The quantitative estimate of drug-likeness (QED) is 0.290. The lowest BCUT2D eigenvalue weighted by Gasteiger charge is -2.08. The first-order valence-electron chi connectivity index (χ1n) is 9.00. The summed E-state index contributed by atoms with van der Waals surface area (Å²) in [5.41, 5.74) is 6.84. The summed E-state index contributed by atoms with van der Waals surface area (Å²) in [4.78, 5) is 13.2. The van der Waals surface area contributed by atoms with E-state index in [4.69, 9.17) is 0 Å². The molecule has 0 unspecified atom stereocenters. The Morgan fingerprint density at radius 2 is 1.71 bits per heavy atom. The molecular weight excluding hydrogens is 434 g/mol. The summed E-state index contributed by atoms with van der Waals surface area (Å²) in [7, 11) is 0. The van der Waals surface area contributed by atoms with Crippen molar-refractivity contribution in [2.75, 3.05) is 5.75 Å². The summed E-state index contributed by atoms with van der Waals surface area (Å²) in [6.45, 7) is 4.10. The lowest BCUT2D eigenvalue weighted by atomic mass is 10.2. The maximum atomic E-state index is 12.0. The van der Waals surface area contributed by atoms with Crippen LogP contribution in [0.5, 0.6) is 0 Å². The molecule has 1 heterocycles. The van der Waals surface area contributed by atoms with Crippen molar-refractivity contribution in [3.63, 3.8) is 0 Å². The highest BCUT2D eigenvalue weighted by Crippen LogP contribution is 2.29. The number of rotatable bonds is 7. The van der Waals surface area contributed by atoms with Gasteiger partial charge in [0.05, 0.1) is 6.21 Å². The summed E-state index contributed by atoms with van der Waals surface area (Å²) in [5.74, 6) is 0.630. The number of hydrogen-bond acceptors (Lipinski definition) is 3. The predicted octanol–water partition coefficient (Wildman–Crippen LogP) is 5.49. The molecule has 0 bridgehead atoms. The second-order valence-corrected chi connectivity index (χ2v) is 8.24. The topological polar surface area (TPSA) is 46.4 Å². The fourth-order valence-corrected chi connectivity index (χ4v) is 4.38. The van der Waals surface area contributed by atoms with Gasteiger partial charge < -0.3 is 4.57 Å². The summed E-state index contributed by atoms with van der Waals surface area (Å²) in [6.07, 6.45) is 2.12. The molecule has 0 aliphatic heterocycles.